The van der Waals surface area contributed by atoms with Crippen molar-refractivity contribution in [2.24, 2.45) is 5.92 Å². The lowest BCUT2D eigenvalue weighted by Gasteiger charge is -2.41. The van der Waals surface area contributed by atoms with Crippen LogP contribution in [0.5, 0.6) is 0 Å². The minimum atomic E-state index is 0.889. The summed E-state index contributed by atoms with van der Waals surface area (Å²) in [6.07, 6.45) is 8.34. The standard InChI is InChI=1S/C13H27N/c1-4-7-10-14-11-8-9-12(5-2)13(14)6-3/h12-13H,4-11H2,1-3H3. The average Bonchev–Trinajstić information content (AvgIpc) is 2.25. The van der Waals surface area contributed by atoms with Crippen molar-refractivity contribution in [2.75, 3.05) is 13.1 Å². The molecule has 1 aliphatic heterocycles. The second kappa shape index (κ2) is 6.44. The van der Waals surface area contributed by atoms with Gasteiger partial charge in [0.1, 0.15) is 0 Å². The van der Waals surface area contributed by atoms with Crippen LogP contribution >= 0.6 is 0 Å². The van der Waals surface area contributed by atoms with Gasteiger partial charge in [-0.2, -0.15) is 0 Å². The van der Waals surface area contributed by atoms with E-state index in [4.69, 9.17) is 0 Å². The molecule has 0 amide bonds. The lowest BCUT2D eigenvalue weighted by atomic mass is 9.85. The fourth-order valence-electron chi connectivity index (χ4n) is 2.92. The van der Waals surface area contributed by atoms with Gasteiger partial charge in [0.05, 0.1) is 0 Å². The zero-order chi connectivity index (χ0) is 10.4. The summed E-state index contributed by atoms with van der Waals surface area (Å²) in [6, 6.07) is 0.889. The normalized spacial score (nSPS) is 29.4. The summed E-state index contributed by atoms with van der Waals surface area (Å²) in [4.78, 5) is 2.75. The molecule has 14 heavy (non-hydrogen) atoms. The van der Waals surface area contributed by atoms with Crippen LogP contribution in [0.4, 0.5) is 0 Å². The summed E-state index contributed by atoms with van der Waals surface area (Å²) in [5.74, 6) is 0.977. The highest BCUT2D eigenvalue weighted by atomic mass is 15.2. The minimum Gasteiger partial charge on any atom is -0.300 e. The molecule has 0 N–H and O–H groups in total. The molecule has 0 aromatic carbocycles. The van der Waals surface area contributed by atoms with E-state index in [1.165, 1.54) is 51.6 Å². The highest BCUT2D eigenvalue weighted by molar-refractivity contribution is 4.82. The van der Waals surface area contributed by atoms with Crippen molar-refractivity contribution in [2.45, 2.75) is 65.3 Å². The molecular formula is C13H27N. The first-order chi connectivity index (χ1) is 6.83. The van der Waals surface area contributed by atoms with E-state index in [2.05, 4.69) is 25.7 Å². The Morgan fingerprint density at radius 3 is 2.50 bits per heavy atom. The van der Waals surface area contributed by atoms with Crippen LogP contribution in [-0.4, -0.2) is 24.0 Å². The highest BCUT2D eigenvalue weighted by Crippen LogP contribution is 2.28. The second-order valence-corrected chi connectivity index (χ2v) is 4.68. The van der Waals surface area contributed by atoms with Crippen molar-refractivity contribution in [1.29, 1.82) is 0 Å². The maximum Gasteiger partial charge on any atom is 0.0121 e. The largest absolute Gasteiger partial charge is 0.300 e. The number of nitrogens with zero attached hydrogens (tertiary/aromatic N) is 1. The van der Waals surface area contributed by atoms with Crippen molar-refractivity contribution in [1.82, 2.24) is 4.90 Å². The number of likely N-dealkylation sites (tertiary alicyclic amines) is 1. The third-order valence-corrected chi connectivity index (χ3v) is 3.77. The molecule has 2 atom stereocenters. The minimum absolute atomic E-state index is 0.889. The Morgan fingerprint density at radius 2 is 1.93 bits per heavy atom. The Morgan fingerprint density at radius 1 is 1.14 bits per heavy atom. The second-order valence-electron chi connectivity index (χ2n) is 4.68. The summed E-state index contributed by atoms with van der Waals surface area (Å²) >= 11 is 0. The monoisotopic (exact) mass is 197 g/mol. The van der Waals surface area contributed by atoms with Gasteiger partial charge in [-0.1, -0.05) is 33.6 Å². The van der Waals surface area contributed by atoms with E-state index in [1.54, 1.807) is 0 Å². The van der Waals surface area contributed by atoms with Gasteiger partial charge in [0.15, 0.2) is 0 Å². The van der Waals surface area contributed by atoms with Crippen molar-refractivity contribution in [3.63, 3.8) is 0 Å². The topological polar surface area (TPSA) is 3.24 Å². The van der Waals surface area contributed by atoms with Crippen LogP contribution in [0, 0.1) is 5.92 Å². The molecule has 0 aromatic heterocycles. The molecule has 0 spiro atoms. The molecule has 1 rings (SSSR count). The molecule has 0 aliphatic carbocycles. The van der Waals surface area contributed by atoms with Gasteiger partial charge in [-0.3, -0.25) is 0 Å². The Balaban J connectivity index is 2.45. The van der Waals surface area contributed by atoms with Gasteiger partial charge in [-0.25, -0.2) is 0 Å². The number of piperidine rings is 1. The van der Waals surface area contributed by atoms with E-state index in [0.29, 0.717) is 0 Å². The molecule has 1 heterocycles. The number of rotatable bonds is 5. The van der Waals surface area contributed by atoms with Crippen LogP contribution < -0.4 is 0 Å². The average molecular weight is 197 g/mol. The molecule has 0 aromatic rings. The lowest BCUT2D eigenvalue weighted by molar-refractivity contribution is 0.0856. The quantitative estimate of drug-likeness (QED) is 0.650. The van der Waals surface area contributed by atoms with Gasteiger partial charge >= 0.3 is 0 Å². The molecule has 1 aliphatic rings. The number of hydrogen-bond donors (Lipinski definition) is 0. The van der Waals surface area contributed by atoms with Crippen LogP contribution in [-0.2, 0) is 0 Å². The Bertz CT molecular complexity index is 144. The van der Waals surface area contributed by atoms with E-state index in [9.17, 15) is 0 Å². The molecule has 84 valence electrons. The highest BCUT2D eigenvalue weighted by Gasteiger charge is 2.27. The van der Waals surface area contributed by atoms with Crippen molar-refractivity contribution in [3.05, 3.63) is 0 Å². The van der Waals surface area contributed by atoms with Crippen molar-refractivity contribution >= 4 is 0 Å². The van der Waals surface area contributed by atoms with Crippen LogP contribution in [0.1, 0.15) is 59.3 Å². The van der Waals surface area contributed by atoms with Gasteiger partial charge in [0, 0.05) is 6.04 Å². The SMILES string of the molecule is CCCCN1CCCC(CC)C1CC. The summed E-state index contributed by atoms with van der Waals surface area (Å²) in [5, 5.41) is 0. The molecule has 1 fully saturated rings. The van der Waals surface area contributed by atoms with E-state index in [0.717, 1.165) is 12.0 Å². The van der Waals surface area contributed by atoms with Crippen LogP contribution in [0.15, 0.2) is 0 Å². The van der Waals surface area contributed by atoms with Gasteiger partial charge in [0.2, 0.25) is 0 Å². The van der Waals surface area contributed by atoms with Crippen LogP contribution in [0.25, 0.3) is 0 Å². The van der Waals surface area contributed by atoms with Gasteiger partial charge < -0.3 is 4.90 Å². The Hall–Kier alpha value is -0.0400. The van der Waals surface area contributed by atoms with Gasteiger partial charge in [0.25, 0.3) is 0 Å². The summed E-state index contributed by atoms with van der Waals surface area (Å²) in [7, 11) is 0. The summed E-state index contributed by atoms with van der Waals surface area (Å²) < 4.78 is 0. The fraction of sp³-hybridized carbons (Fsp3) is 1.00. The van der Waals surface area contributed by atoms with Crippen LogP contribution in [0.2, 0.25) is 0 Å². The van der Waals surface area contributed by atoms with Crippen molar-refractivity contribution < 1.29 is 0 Å². The van der Waals surface area contributed by atoms with E-state index in [1.807, 2.05) is 0 Å². The third kappa shape index (κ3) is 2.98. The lowest BCUT2D eigenvalue weighted by Crippen LogP contribution is -2.45. The van der Waals surface area contributed by atoms with E-state index < -0.39 is 0 Å². The van der Waals surface area contributed by atoms with Gasteiger partial charge in [-0.15, -0.1) is 0 Å². The fourth-order valence-corrected chi connectivity index (χ4v) is 2.92. The zero-order valence-electron chi connectivity index (χ0n) is 10.3. The molecule has 0 radical (unpaired) electrons. The number of hydrogen-bond acceptors (Lipinski definition) is 1. The van der Waals surface area contributed by atoms with E-state index >= 15 is 0 Å². The van der Waals surface area contributed by atoms with Crippen molar-refractivity contribution in [3.8, 4) is 0 Å². The molecule has 1 nitrogen and oxygen atoms in total. The predicted molar refractivity (Wildman–Crippen MR) is 63.6 cm³/mol. The first-order valence-corrected chi connectivity index (χ1v) is 6.57. The number of unbranched alkanes of at least 4 members (excludes halogenated alkanes) is 1. The first kappa shape index (κ1) is 12.0. The predicted octanol–water partition coefficient (Wildman–Crippen LogP) is 3.69. The maximum absolute atomic E-state index is 2.75. The maximum atomic E-state index is 2.75. The smallest absolute Gasteiger partial charge is 0.0121 e. The molecule has 2 unspecified atom stereocenters. The first-order valence-electron chi connectivity index (χ1n) is 6.57. The van der Waals surface area contributed by atoms with Gasteiger partial charge in [-0.05, 0) is 44.7 Å². The molecule has 0 saturated carbocycles. The zero-order valence-corrected chi connectivity index (χ0v) is 10.3. The molecular weight excluding hydrogens is 170 g/mol. The third-order valence-electron chi connectivity index (χ3n) is 3.77. The Labute approximate surface area is 89.9 Å². The molecule has 1 saturated heterocycles. The summed E-state index contributed by atoms with van der Waals surface area (Å²) in [6.45, 7) is 9.71. The van der Waals surface area contributed by atoms with E-state index in [-0.39, 0.29) is 0 Å². The Kier molecular flexibility index (Phi) is 5.54. The summed E-state index contributed by atoms with van der Waals surface area (Å²) in [5.41, 5.74) is 0. The molecule has 1 heteroatoms. The van der Waals surface area contributed by atoms with Crippen LogP contribution in [0.3, 0.4) is 0 Å². The molecule has 0 bridgehead atoms.